The molecule has 0 aliphatic carbocycles. The van der Waals surface area contributed by atoms with E-state index in [2.05, 4.69) is 10.6 Å². The third kappa shape index (κ3) is 6.65. The van der Waals surface area contributed by atoms with E-state index in [1.807, 2.05) is 30.3 Å². The zero-order valence-electron chi connectivity index (χ0n) is 18.9. The predicted octanol–water partition coefficient (Wildman–Crippen LogP) is 3.56. The van der Waals surface area contributed by atoms with Gasteiger partial charge in [-0.2, -0.15) is 0 Å². The molecule has 0 radical (unpaired) electrons. The molecule has 0 fully saturated rings. The smallest absolute Gasteiger partial charge is 0.306 e. The van der Waals surface area contributed by atoms with E-state index in [0.717, 1.165) is 5.56 Å². The molecular formula is C25H29N3O5. The van der Waals surface area contributed by atoms with Crippen LogP contribution >= 0.6 is 0 Å². The van der Waals surface area contributed by atoms with E-state index >= 15 is 0 Å². The Kier molecular flexibility index (Phi) is 8.18. The fraction of sp³-hybridized carbons (Fsp3) is 0.360. The number of carbonyl (C=O) groups is 4. The van der Waals surface area contributed by atoms with Crippen molar-refractivity contribution in [2.45, 2.75) is 39.0 Å². The first-order valence-corrected chi connectivity index (χ1v) is 11.1. The predicted molar refractivity (Wildman–Crippen MR) is 125 cm³/mol. The van der Waals surface area contributed by atoms with Gasteiger partial charge in [0, 0.05) is 19.2 Å². The standard InChI is InChI=1S/C25H29N3O5/c1-3-33-24(31)14-19(18-8-5-4-6-9-18)10-7-13-28-16-23(30)27-22-12-11-20(26-17(2)29)15-21(22)25(28)32/h4-6,8-9,11-12,15,19H,3,7,10,13-14,16H2,1-2H3,(H,26,29)(H,27,30). The van der Waals surface area contributed by atoms with Crippen molar-refractivity contribution in [3.05, 3.63) is 59.7 Å². The highest BCUT2D eigenvalue weighted by molar-refractivity contribution is 6.09. The lowest BCUT2D eigenvalue weighted by Gasteiger charge is -2.22. The second-order valence-electron chi connectivity index (χ2n) is 7.98. The van der Waals surface area contributed by atoms with E-state index in [-0.39, 0.29) is 42.6 Å². The van der Waals surface area contributed by atoms with E-state index in [1.165, 1.54) is 11.8 Å². The number of amides is 3. The third-order valence-electron chi connectivity index (χ3n) is 5.44. The Labute approximate surface area is 193 Å². The third-order valence-corrected chi connectivity index (χ3v) is 5.44. The van der Waals surface area contributed by atoms with Gasteiger partial charge in [-0.3, -0.25) is 19.2 Å². The molecule has 0 saturated heterocycles. The number of nitrogens with zero attached hydrogens (tertiary/aromatic N) is 1. The van der Waals surface area contributed by atoms with Gasteiger partial charge in [0.15, 0.2) is 0 Å². The monoisotopic (exact) mass is 451 g/mol. The van der Waals surface area contributed by atoms with Crippen LogP contribution in [0.1, 0.15) is 54.9 Å². The van der Waals surface area contributed by atoms with Gasteiger partial charge in [-0.05, 0) is 49.4 Å². The lowest BCUT2D eigenvalue weighted by molar-refractivity contribution is -0.143. The lowest BCUT2D eigenvalue weighted by Crippen LogP contribution is -2.36. The first-order chi connectivity index (χ1) is 15.9. The molecule has 0 aromatic heterocycles. The second-order valence-corrected chi connectivity index (χ2v) is 7.98. The normalized spacial score (nSPS) is 14.1. The molecule has 8 heteroatoms. The number of benzene rings is 2. The average Bonchev–Trinajstić information content (AvgIpc) is 2.89. The van der Waals surface area contributed by atoms with Gasteiger partial charge in [0.05, 0.1) is 24.3 Å². The summed E-state index contributed by atoms with van der Waals surface area (Å²) in [6, 6.07) is 14.6. The zero-order valence-corrected chi connectivity index (χ0v) is 18.9. The van der Waals surface area contributed by atoms with Gasteiger partial charge in [-0.1, -0.05) is 30.3 Å². The first kappa shape index (κ1) is 24.0. The number of anilines is 2. The maximum Gasteiger partial charge on any atom is 0.306 e. The van der Waals surface area contributed by atoms with Gasteiger partial charge >= 0.3 is 5.97 Å². The lowest BCUT2D eigenvalue weighted by atomic mass is 9.91. The van der Waals surface area contributed by atoms with E-state index in [9.17, 15) is 19.2 Å². The maximum atomic E-state index is 13.2. The fourth-order valence-electron chi connectivity index (χ4n) is 3.96. The van der Waals surface area contributed by atoms with Crippen molar-refractivity contribution in [1.82, 2.24) is 4.90 Å². The van der Waals surface area contributed by atoms with Crippen molar-refractivity contribution in [1.29, 1.82) is 0 Å². The Morgan fingerprint density at radius 3 is 2.61 bits per heavy atom. The fourth-order valence-corrected chi connectivity index (χ4v) is 3.96. The molecule has 1 atom stereocenters. The molecule has 1 heterocycles. The minimum atomic E-state index is -0.280. The molecule has 8 nitrogen and oxygen atoms in total. The van der Waals surface area contributed by atoms with Crippen LogP contribution < -0.4 is 10.6 Å². The Morgan fingerprint density at radius 1 is 1.15 bits per heavy atom. The number of carbonyl (C=O) groups excluding carboxylic acids is 4. The molecule has 2 aromatic carbocycles. The van der Waals surface area contributed by atoms with Crippen molar-refractivity contribution in [3.63, 3.8) is 0 Å². The number of rotatable bonds is 9. The largest absolute Gasteiger partial charge is 0.466 e. The number of fused-ring (bicyclic) bond motifs is 1. The highest BCUT2D eigenvalue weighted by Crippen LogP contribution is 2.28. The summed E-state index contributed by atoms with van der Waals surface area (Å²) in [5.41, 5.74) is 2.28. The number of ether oxygens (including phenoxy) is 1. The van der Waals surface area contributed by atoms with Crippen LogP contribution in [0, 0.1) is 0 Å². The summed E-state index contributed by atoms with van der Waals surface area (Å²) in [6.45, 7) is 3.80. The molecular weight excluding hydrogens is 422 g/mol. The molecule has 174 valence electrons. The van der Waals surface area contributed by atoms with Gasteiger partial charge in [0.1, 0.15) is 6.54 Å². The second kappa shape index (κ2) is 11.3. The number of nitrogens with one attached hydrogen (secondary N) is 2. The Morgan fingerprint density at radius 2 is 1.91 bits per heavy atom. The van der Waals surface area contributed by atoms with E-state index in [4.69, 9.17) is 4.74 Å². The van der Waals surface area contributed by atoms with Gasteiger partial charge < -0.3 is 20.3 Å². The Bertz CT molecular complexity index is 1020. The summed E-state index contributed by atoms with van der Waals surface area (Å²) in [6.07, 6.45) is 1.53. The minimum absolute atomic E-state index is 0.0418. The van der Waals surface area contributed by atoms with Gasteiger partial charge in [0.25, 0.3) is 5.91 Å². The van der Waals surface area contributed by atoms with Crippen molar-refractivity contribution in [2.75, 3.05) is 30.3 Å². The van der Waals surface area contributed by atoms with Crippen LogP contribution in [-0.4, -0.2) is 48.3 Å². The van der Waals surface area contributed by atoms with Gasteiger partial charge in [-0.15, -0.1) is 0 Å². The van der Waals surface area contributed by atoms with Crippen molar-refractivity contribution in [2.24, 2.45) is 0 Å². The van der Waals surface area contributed by atoms with Crippen LogP contribution in [0.15, 0.2) is 48.5 Å². The molecule has 0 spiro atoms. The quantitative estimate of drug-likeness (QED) is 0.567. The van der Waals surface area contributed by atoms with E-state index < -0.39 is 0 Å². The Hall–Kier alpha value is -3.68. The summed E-state index contributed by atoms with van der Waals surface area (Å²) in [7, 11) is 0. The minimum Gasteiger partial charge on any atom is -0.466 e. The topological polar surface area (TPSA) is 105 Å². The van der Waals surface area contributed by atoms with Crippen molar-refractivity contribution >= 4 is 35.1 Å². The molecule has 1 aliphatic heterocycles. The summed E-state index contributed by atoms with van der Waals surface area (Å²) in [4.78, 5) is 50.5. The zero-order chi connectivity index (χ0) is 23.8. The highest BCUT2D eigenvalue weighted by Gasteiger charge is 2.27. The molecule has 3 amide bonds. The van der Waals surface area contributed by atoms with Gasteiger partial charge in [0.2, 0.25) is 11.8 Å². The summed E-state index contributed by atoms with van der Waals surface area (Å²) in [5, 5.41) is 5.41. The van der Waals surface area contributed by atoms with E-state index in [1.54, 1.807) is 25.1 Å². The number of hydrogen-bond acceptors (Lipinski definition) is 5. The summed E-state index contributed by atoms with van der Waals surface area (Å²) >= 11 is 0. The summed E-state index contributed by atoms with van der Waals surface area (Å²) in [5.74, 6) is -1.10. The molecule has 33 heavy (non-hydrogen) atoms. The molecule has 1 aliphatic rings. The molecule has 2 N–H and O–H groups in total. The van der Waals surface area contributed by atoms with Gasteiger partial charge in [-0.25, -0.2) is 0 Å². The maximum absolute atomic E-state index is 13.2. The van der Waals surface area contributed by atoms with Crippen LogP contribution in [0.4, 0.5) is 11.4 Å². The average molecular weight is 452 g/mol. The SMILES string of the molecule is CCOC(=O)CC(CCCN1CC(=O)Nc2ccc(NC(C)=O)cc2C1=O)c1ccccc1. The first-order valence-electron chi connectivity index (χ1n) is 11.1. The van der Waals surface area contributed by atoms with Crippen LogP contribution in [0.3, 0.4) is 0 Å². The van der Waals surface area contributed by atoms with Crippen LogP contribution in [0.5, 0.6) is 0 Å². The van der Waals surface area contributed by atoms with Crippen LogP contribution in [0.2, 0.25) is 0 Å². The highest BCUT2D eigenvalue weighted by atomic mass is 16.5. The number of esters is 1. The van der Waals surface area contributed by atoms with E-state index in [0.29, 0.717) is 42.9 Å². The van der Waals surface area contributed by atoms with Crippen LogP contribution in [-0.2, 0) is 19.1 Å². The molecule has 1 unspecified atom stereocenters. The summed E-state index contributed by atoms with van der Waals surface area (Å²) < 4.78 is 5.13. The molecule has 0 saturated carbocycles. The molecule has 0 bridgehead atoms. The molecule has 2 aromatic rings. The number of hydrogen-bond donors (Lipinski definition) is 2. The Balaban J connectivity index is 1.71. The van der Waals surface area contributed by atoms with Crippen molar-refractivity contribution < 1.29 is 23.9 Å². The van der Waals surface area contributed by atoms with Crippen molar-refractivity contribution in [3.8, 4) is 0 Å². The molecule has 3 rings (SSSR count). The van der Waals surface area contributed by atoms with Crippen LogP contribution in [0.25, 0.3) is 0 Å².